The highest BCUT2D eigenvalue weighted by Crippen LogP contribution is 2.30. The molecule has 2 aliphatic rings. The zero-order valence-electron chi connectivity index (χ0n) is 16.1. The molecular weight excluding hydrogens is 338 g/mol. The number of nitrogens with zero attached hydrogens (tertiary/aromatic N) is 4. The van der Waals surface area contributed by atoms with Crippen molar-refractivity contribution < 1.29 is 4.79 Å². The first kappa shape index (κ1) is 17.9. The Morgan fingerprint density at radius 2 is 1.74 bits per heavy atom. The Labute approximate surface area is 160 Å². The van der Waals surface area contributed by atoms with Crippen LogP contribution >= 0.6 is 0 Å². The molecule has 6 nitrogen and oxygen atoms in total. The van der Waals surface area contributed by atoms with E-state index < -0.39 is 0 Å². The van der Waals surface area contributed by atoms with Gasteiger partial charge >= 0.3 is 0 Å². The lowest BCUT2D eigenvalue weighted by molar-refractivity contribution is -0.117. The van der Waals surface area contributed by atoms with Gasteiger partial charge < -0.3 is 10.2 Å². The van der Waals surface area contributed by atoms with Gasteiger partial charge in [-0.25, -0.2) is 4.98 Å². The van der Waals surface area contributed by atoms with E-state index in [2.05, 4.69) is 38.9 Å². The Kier molecular flexibility index (Phi) is 5.07. The Bertz CT molecular complexity index is 775. The highest BCUT2D eigenvalue weighted by Gasteiger charge is 2.29. The van der Waals surface area contributed by atoms with Crippen LogP contribution in [0, 0.1) is 5.92 Å². The lowest BCUT2D eigenvalue weighted by Gasteiger charge is -2.37. The lowest BCUT2D eigenvalue weighted by atomic mass is 10.1. The quantitative estimate of drug-likeness (QED) is 0.882. The summed E-state index contributed by atoms with van der Waals surface area (Å²) in [6.07, 6.45) is 5.72. The average Bonchev–Trinajstić information content (AvgIpc) is 3.54. The molecule has 0 unspecified atom stereocenters. The van der Waals surface area contributed by atoms with Gasteiger partial charge in [-0.15, -0.1) is 0 Å². The van der Waals surface area contributed by atoms with Gasteiger partial charge in [-0.1, -0.05) is 12.1 Å². The van der Waals surface area contributed by atoms with Gasteiger partial charge in [-0.05, 0) is 38.8 Å². The van der Waals surface area contributed by atoms with E-state index >= 15 is 0 Å². The van der Waals surface area contributed by atoms with E-state index in [9.17, 15) is 4.79 Å². The van der Waals surface area contributed by atoms with E-state index in [1.165, 1.54) is 0 Å². The fourth-order valence-electron chi connectivity index (χ4n) is 3.42. The van der Waals surface area contributed by atoms with E-state index in [0.717, 1.165) is 61.8 Å². The van der Waals surface area contributed by atoms with Crippen LogP contribution in [0.3, 0.4) is 0 Å². The lowest BCUT2D eigenvalue weighted by Crippen LogP contribution is -2.49. The first-order chi connectivity index (χ1) is 13.1. The van der Waals surface area contributed by atoms with E-state index in [1.807, 2.05) is 36.7 Å². The van der Waals surface area contributed by atoms with E-state index in [1.54, 1.807) is 0 Å². The van der Waals surface area contributed by atoms with E-state index in [0.29, 0.717) is 6.04 Å². The van der Waals surface area contributed by atoms with Crippen LogP contribution < -0.4 is 10.2 Å². The van der Waals surface area contributed by atoms with Crippen LogP contribution in [0.5, 0.6) is 0 Å². The molecule has 27 heavy (non-hydrogen) atoms. The molecule has 0 atom stereocenters. The molecule has 2 aromatic rings. The summed E-state index contributed by atoms with van der Waals surface area (Å²) >= 11 is 0. The van der Waals surface area contributed by atoms with Crippen LogP contribution in [0.15, 0.2) is 36.7 Å². The fourth-order valence-corrected chi connectivity index (χ4v) is 3.42. The minimum absolute atomic E-state index is 0.129. The predicted molar refractivity (Wildman–Crippen MR) is 108 cm³/mol. The number of piperazine rings is 1. The minimum Gasteiger partial charge on any atom is -0.353 e. The second-order valence-electron chi connectivity index (χ2n) is 7.72. The summed E-state index contributed by atoms with van der Waals surface area (Å²) in [7, 11) is 0. The van der Waals surface area contributed by atoms with Gasteiger partial charge in [-0.2, -0.15) is 0 Å². The number of aromatic nitrogens is 2. The Hall–Kier alpha value is -2.47. The van der Waals surface area contributed by atoms with Gasteiger partial charge in [0.25, 0.3) is 0 Å². The van der Waals surface area contributed by atoms with Gasteiger partial charge in [0.1, 0.15) is 5.82 Å². The van der Waals surface area contributed by atoms with Crippen LogP contribution in [-0.4, -0.2) is 53.0 Å². The van der Waals surface area contributed by atoms with Crippen molar-refractivity contribution in [2.75, 3.05) is 36.4 Å². The van der Waals surface area contributed by atoms with Crippen molar-refractivity contribution in [3.05, 3.63) is 36.7 Å². The number of anilines is 2. The smallest absolute Gasteiger partial charge is 0.227 e. The summed E-state index contributed by atoms with van der Waals surface area (Å²) in [5, 5.41) is 2.96. The molecule has 1 N–H and O–H groups in total. The maximum Gasteiger partial charge on any atom is 0.227 e. The molecule has 1 aliphatic carbocycles. The van der Waals surface area contributed by atoms with Crippen molar-refractivity contribution in [3.8, 4) is 11.3 Å². The molecule has 2 fully saturated rings. The molecule has 1 saturated carbocycles. The molecule has 2 heterocycles. The standard InChI is InChI=1S/C21H27N5O/c1-15(2)25-9-11-26(12-10-25)20-14-22-19(13-23-20)16-5-7-18(8-6-16)24-21(27)17-3-4-17/h5-8,13-15,17H,3-4,9-12H2,1-2H3,(H,24,27). The molecule has 1 saturated heterocycles. The molecule has 0 spiro atoms. The van der Waals surface area contributed by atoms with Crippen LogP contribution in [0.1, 0.15) is 26.7 Å². The topological polar surface area (TPSA) is 61.4 Å². The summed E-state index contributed by atoms with van der Waals surface area (Å²) in [5.74, 6) is 1.28. The Morgan fingerprint density at radius 3 is 2.30 bits per heavy atom. The SMILES string of the molecule is CC(C)N1CCN(c2cnc(-c3ccc(NC(=O)C4CC4)cc3)cn2)CC1. The molecule has 0 bridgehead atoms. The molecule has 1 amide bonds. The van der Waals surface area contributed by atoms with Gasteiger partial charge in [0.2, 0.25) is 5.91 Å². The number of hydrogen-bond donors (Lipinski definition) is 1. The summed E-state index contributed by atoms with van der Waals surface area (Å²) in [4.78, 5) is 25.8. The van der Waals surface area contributed by atoms with Crippen molar-refractivity contribution in [2.45, 2.75) is 32.7 Å². The maximum absolute atomic E-state index is 11.8. The van der Waals surface area contributed by atoms with Gasteiger partial charge in [0.15, 0.2) is 0 Å². The normalized spacial score (nSPS) is 18.0. The van der Waals surface area contributed by atoms with Crippen LogP contribution in [-0.2, 0) is 4.79 Å². The number of rotatable bonds is 5. The van der Waals surface area contributed by atoms with Crippen LogP contribution in [0.25, 0.3) is 11.3 Å². The molecule has 1 aromatic carbocycles. The van der Waals surface area contributed by atoms with Crippen molar-refractivity contribution in [2.24, 2.45) is 5.92 Å². The molecule has 142 valence electrons. The second-order valence-corrected chi connectivity index (χ2v) is 7.72. The Morgan fingerprint density at radius 1 is 1.04 bits per heavy atom. The van der Waals surface area contributed by atoms with Crippen molar-refractivity contribution in [1.29, 1.82) is 0 Å². The minimum atomic E-state index is 0.129. The summed E-state index contributed by atoms with van der Waals surface area (Å²) < 4.78 is 0. The number of amides is 1. The summed E-state index contributed by atoms with van der Waals surface area (Å²) in [6, 6.07) is 8.41. The van der Waals surface area contributed by atoms with Gasteiger partial charge in [0, 0.05) is 49.4 Å². The first-order valence-electron chi connectivity index (χ1n) is 9.82. The predicted octanol–water partition coefficient (Wildman–Crippen LogP) is 3.02. The Balaban J connectivity index is 1.38. The van der Waals surface area contributed by atoms with Crippen molar-refractivity contribution >= 4 is 17.4 Å². The number of hydrogen-bond acceptors (Lipinski definition) is 5. The third-order valence-corrected chi connectivity index (χ3v) is 5.40. The molecule has 6 heteroatoms. The molecule has 1 aromatic heterocycles. The summed E-state index contributed by atoms with van der Waals surface area (Å²) in [5.41, 5.74) is 2.69. The zero-order valence-corrected chi connectivity index (χ0v) is 16.1. The van der Waals surface area contributed by atoms with Crippen molar-refractivity contribution in [1.82, 2.24) is 14.9 Å². The number of carbonyl (C=O) groups excluding carboxylic acids is 1. The van der Waals surface area contributed by atoms with Gasteiger partial charge in [0.05, 0.1) is 18.1 Å². The highest BCUT2D eigenvalue weighted by atomic mass is 16.2. The zero-order chi connectivity index (χ0) is 18.8. The summed E-state index contributed by atoms with van der Waals surface area (Å²) in [6.45, 7) is 8.59. The van der Waals surface area contributed by atoms with E-state index in [-0.39, 0.29) is 11.8 Å². The van der Waals surface area contributed by atoms with Crippen LogP contribution in [0.2, 0.25) is 0 Å². The molecular formula is C21H27N5O. The first-order valence-corrected chi connectivity index (χ1v) is 9.82. The molecule has 1 aliphatic heterocycles. The van der Waals surface area contributed by atoms with E-state index in [4.69, 9.17) is 0 Å². The molecule has 4 rings (SSSR count). The van der Waals surface area contributed by atoms with Crippen LogP contribution in [0.4, 0.5) is 11.5 Å². The second kappa shape index (κ2) is 7.64. The number of carbonyl (C=O) groups is 1. The molecule has 0 radical (unpaired) electrons. The third-order valence-electron chi connectivity index (χ3n) is 5.40. The van der Waals surface area contributed by atoms with Gasteiger partial charge in [-0.3, -0.25) is 14.7 Å². The third kappa shape index (κ3) is 4.27. The fraction of sp³-hybridized carbons (Fsp3) is 0.476. The largest absolute Gasteiger partial charge is 0.353 e. The monoisotopic (exact) mass is 365 g/mol. The number of benzene rings is 1. The number of nitrogens with one attached hydrogen (secondary N) is 1. The maximum atomic E-state index is 11.8. The average molecular weight is 365 g/mol. The highest BCUT2D eigenvalue weighted by molar-refractivity contribution is 5.94. The van der Waals surface area contributed by atoms with Crippen molar-refractivity contribution in [3.63, 3.8) is 0 Å².